The van der Waals surface area contributed by atoms with E-state index in [0.717, 1.165) is 35.0 Å². The number of rotatable bonds is 3. The predicted molar refractivity (Wildman–Crippen MR) is 89.0 cm³/mol. The van der Waals surface area contributed by atoms with Crippen LogP contribution < -0.4 is 5.32 Å². The summed E-state index contributed by atoms with van der Waals surface area (Å²) >= 11 is 5.35. The lowest BCUT2D eigenvalue weighted by atomic mass is 10.1. The Kier molecular flexibility index (Phi) is 4.11. The highest BCUT2D eigenvalue weighted by Crippen LogP contribution is 2.34. The van der Waals surface area contributed by atoms with Gasteiger partial charge < -0.3 is 5.32 Å². The van der Waals surface area contributed by atoms with E-state index in [-0.39, 0.29) is 5.82 Å². The van der Waals surface area contributed by atoms with Crippen LogP contribution >= 0.6 is 12.2 Å². The summed E-state index contributed by atoms with van der Waals surface area (Å²) in [6.07, 6.45) is 2.22. The van der Waals surface area contributed by atoms with E-state index in [0.29, 0.717) is 17.1 Å². The van der Waals surface area contributed by atoms with Gasteiger partial charge in [0.2, 0.25) is 0 Å². The normalized spacial score (nSPS) is 15.1. The Morgan fingerprint density at radius 2 is 1.91 bits per heavy atom. The van der Waals surface area contributed by atoms with Crippen molar-refractivity contribution in [3.8, 4) is 0 Å². The van der Waals surface area contributed by atoms with Gasteiger partial charge in [-0.2, -0.15) is 0 Å². The van der Waals surface area contributed by atoms with Crippen molar-refractivity contribution in [1.29, 1.82) is 0 Å². The molecule has 2 aromatic rings. The van der Waals surface area contributed by atoms with Crippen LogP contribution in [0.5, 0.6) is 0 Å². The lowest BCUT2D eigenvalue weighted by molar-refractivity contribution is -0.105. The first kappa shape index (κ1) is 14.6. The first-order valence-corrected chi connectivity index (χ1v) is 7.43. The molecular formula is C18H14FNOS. The minimum Gasteiger partial charge on any atom is -0.343 e. The van der Waals surface area contributed by atoms with Gasteiger partial charge in [-0.3, -0.25) is 4.79 Å². The number of hydrogen-bond donors (Lipinski definition) is 1. The number of carbonyl (C=O) groups excluding carboxylic acids is 1. The summed E-state index contributed by atoms with van der Waals surface area (Å²) < 4.78 is 13.3. The van der Waals surface area contributed by atoms with E-state index in [2.05, 4.69) is 5.32 Å². The van der Waals surface area contributed by atoms with E-state index < -0.39 is 0 Å². The van der Waals surface area contributed by atoms with E-state index in [1.54, 1.807) is 6.07 Å². The van der Waals surface area contributed by atoms with Crippen molar-refractivity contribution in [3.63, 3.8) is 0 Å². The molecule has 0 bridgehead atoms. The van der Waals surface area contributed by atoms with E-state index in [1.165, 1.54) is 12.1 Å². The van der Waals surface area contributed by atoms with E-state index in [4.69, 9.17) is 12.2 Å². The van der Waals surface area contributed by atoms with Crippen LogP contribution in [0, 0.1) is 5.82 Å². The molecule has 0 unspecified atom stereocenters. The summed E-state index contributed by atoms with van der Waals surface area (Å²) in [5, 5.41) is 3.03. The van der Waals surface area contributed by atoms with Crippen molar-refractivity contribution in [2.45, 2.75) is 12.8 Å². The first-order valence-electron chi connectivity index (χ1n) is 7.02. The van der Waals surface area contributed by atoms with Crippen molar-refractivity contribution in [2.75, 3.05) is 0 Å². The molecule has 0 radical (unpaired) electrons. The van der Waals surface area contributed by atoms with Crippen LogP contribution in [0.2, 0.25) is 0 Å². The number of thiocarbonyl (C=S) groups is 1. The molecule has 0 amide bonds. The molecule has 2 nitrogen and oxygen atoms in total. The lowest BCUT2D eigenvalue weighted by Crippen LogP contribution is -2.23. The maximum absolute atomic E-state index is 13.3. The molecule has 2 aromatic carbocycles. The molecule has 1 aliphatic carbocycles. The van der Waals surface area contributed by atoms with Gasteiger partial charge in [0.1, 0.15) is 10.8 Å². The van der Waals surface area contributed by atoms with Crippen molar-refractivity contribution in [1.82, 2.24) is 5.32 Å². The third-order valence-corrected chi connectivity index (χ3v) is 4.10. The third kappa shape index (κ3) is 2.83. The van der Waals surface area contributed by atoms with Crippen molar-refractivity contribution >= 4 is 29.1 Å². The zero-order valence-electron chi connectivity index (χ0n) is 11.8. The van der Waals surface area contributed by atoms with Crippen LogP contribution in [0.25, 0.3) is 5.57 Å². The monoisotopic (exact) mass is 311 g/mol. The fourth-order valence-corrected chi connectivity index (χ4v) is 2.94. The molecule has 0 saturated carbocycles. The molecule has 22 heavy (non-hydrogen) atoms. The first-order chi connectivity index (χ1) is 10.7. The Bertz CT molecular complexity index is 768. The van der Waals surface area contributed by atoms with E-state index >= 15 is 0 Å². The summed E-state index contributed by atoms with van der Waals surface area (Å²) in [4.78, 5) is 12.0. The van der Waals surface area contributed by atoms with Crippen molar-refractivity contribution < 1.29 is 9.18 Å². The van der Waals surface area contributed by atoms with Gasteiger partial charge in [-0.15, -0.1) is 0 Å². The molecule has 0 saturated heterocycles. The van der Waals surface area contributed by atoms with Crippen LogP contribution in [0.15, 0.2) is 54.2 Å². The van der Waals surface area contributed by atoms with Crippen LogP contribution in [0.4, 0.5) is 4.39 Å². The molecule has 4 heteroatoms. The quantitative estimate of drug-likeness (QED) is 0.533. The fraction of sp³-hybridized carbons (Fsp3) is 0.111. The summed E-state index contributed by atoms with van der Waals surface area (Å²) in [6.45, 7) is 0. The van der Waals surface area contributed by atoms with Gasteiger partial charge in [0.25, 0.3) is 0 Å². The molecular weight excluding hydrogens is 297 g/mol. The average molecular weight is 311 g/mol. The Morgan fingerprint density at radius 1 is 1.14 bits per heavy atom. The summed E-state index contributed by atoms with van der Waals surface area (Å²) in [5.41, 5.74) is 4.06. The second kappa shape index (κ2) is 6.20. The SMILES string of the molecule is O=C/C(NC(=S)c1ccccc1)=C1\CCc2cc(F)ccc21. The smallest absolute Gasteiger partial charge is 0.166 e. The second-order valence-corrected chi connectivity index (χ2v) is 5.54. The van der Waals surface area contributed by atoms with Crippen molar-refractivity contribution in [3.05, 3.63) is 76.7 Å². The minimum atomic E-state index is -0.250. The standard InChI is InChI=1S/C18H14FNOS/c19-14-7-9-15-13(10-14)6-8-16(15)17(11-21)20-18(22)12-4-2-1-3-5-12/h1-5,7,9-11H,6,8H2,(H,20,22)/b17-16-. The number of benzene rings is 2. The maximum atomic E-state index is 13.3. The Labute approximate surface area is 133 Å². The van der Waals surface area contributed by atoms with E-state index in [1.807, 2.05) is 30.3 Å². The molecule has 0 spiro atoms. The zero-order chi connectivity index (χ0) is 15.5. The Morgan fingerprint density at radius 3 is 2.64 bits per heavy atom. The number of carbonyl (C=O) groups is 1. The van der Waals surface area contributed by atoms with Gasteiger partial charge in [0.15, 0.2) is 6.29 Å². The number of hydrogen-bond acceptors (Lipinski definition) is 2. The van der Waals surface area contributed by atoms with Crippen LogP contribution in [0.1, 0.15) is 23.1 Å². The van der Waals surface area contributed by atoms with Crippen LogP contribution in [-0.4, -0.2) is 11.3 Å². The molecule has 1 N–H and O–H groups in total. The zero-order valence-corrected chi connectivity index (χ0v) is 12.6. The van der Waals surface area contributed by atoms with Crippen LogP contribution in [0.3, 0.4) is 0 Å². The highest BCUT2D eigenvalue weighted by Gasteiger charge is 2.20. The number of allylic oxidation sites excluding steroid dienone is 2. The number of aldehydes is 1. The summed E-state index contributed by atoms with van der Waals surface area (Å²) in [5.74, 6) is -0.250. The molecule has 3 rings (SSSR count). The molecule has 0 heterocycles. The highest BCUT2D eigenvalue weighted by molar-refractivity contribution is 7.80. The topological polar surface area (TPSA) is 29.1 Å². The van der Waals surface area contributed by atoms with Crippen molar-refractivity contribution in [2.24, 2.45) is 0 Å². The second-order valence-electron chi connectivity index (χ2n) is 5.13. The Balaban J connectivity index is 1.93. The fourth-order valence-electron chi connectivity index (χ4n) is 2.70. The molecule has 110 valence electrons. The van der Waals surface area contributed by atoms with Gasteiger partial charge in [-0.25, -0.2) is 4.39 Å². The molecule has 0 fully saturated rings. The highest BCUT2D eigenvalue weighted by atomic mass is 32.1. The van der Waals surface area contributed by atoms with Gasteiger partial charge in [0, 0.05) is 5.56 Å². The van der Waals surface area contributed by atoms with Crippen LogP contribution in [-0.2, 0) is 11.2 Å². The van der Waals surface area contributed by atoms with Gasteiger partial charge in [0.05, 0.1) is 5.70 Å². The summed E-state index contributed by atoms with van der Waals surface area (Å²) in [7, 11) is 0. The minimum absolute atomic E-state index is 0.250. The number of nitrogens with one attached hydrogen (secondary N) is 1. The number of fused-ring (bicyclic) bond motifs is 1. The Hall–Kier alpha value is -2.33. The van der Waals surface area contributed by atoms with Gasteiger partial charge in [-0.1, -0.05) is 48.6 Å². The number of aryl methyl sites for hydroxylation is 1. The largest absolute Gasteiger partial charge is 0.343 e. The molecule has 0 atom stereocenters. The van der Waals surface area contributed by atoms with E-state index in [9.17, 15) is 9.18 Å². The predicted octanol–water partition coefficient (Wildman–Crippen LogP) is 3.65. The third-order valence-electron chi connectivity index (χ3n) is 3.76. The lowest BCUT2D eigenvalue weighted by Gasteiger charge is -2.11. The molecule has 0 aliphatic heterocycles. The van der Waals surface area contributed by atoms with Gasteiger partial charge in [-0.05, 0) is 41.7 Å². The molecule has 0 aromatic heterocycles. The average Bonchev–Trinajstić information content (AvgIpc) is 2.96. The maximum Gasteiger partial charge on any atom is 0.166 e. The summed E-state index contributed by atoms with van der Waals surface area (Å²) in [6, 6.07) is 14.1. The number of halogens is 1. The van der Waals surface area contributed by atoms with Gasteiger partial charge >= 0.3 is 0 Å². The molecule has 1 aliphatic rings.